The lowest BCUT2D eigenvalue weighted by Crippen LogP contribution is -2.39. The second-order valence-corrected chi connectivity index (χ2v) is 3.69. The third kappa shape index (κ3) is 9.92. The molecule has 0 radical (unpaired) electrons. The van der Waals surface area contributed by atoms with Crippen molar-refractivity contribution in [3.8, 4) is 0 Å². The summed E-state index contributed by atoms with van der Waals surface area (Å²) in [6.45, 7) is 2.29. The zero-order chi connectivity index (χ0) is 10.6. The fraction of sp³-hybridized carbons (Fsp3) is 1.00. The standard InChI is InChI=1S/C10H26N4/c11-7-5-3-1-2-4-6-10(13)14-9-8-12/h10,14H,1-9,11-13H2. The number of rotatable bonds is 10. The van der Waals surface area contributed by atoms with Gasteiger partial charge < -0.3 is 22.5 Å². The highest BCUT2D eigenvalue weighted by atomic mass is 15.0. The molecule has 0 aliphatic rings. The van der Waals surface area contributed by atoms with Crippen LogP contribution in [0.5, 0.6) is 0 Å². The summed E-state index contributed by atoms with van der Waals surface area (Å²) in [6, 6.07) is 0. The Kier molecular flexibility index (Phi) is 10.8. The van der Waals surface area contributed by atoms with Crippen LogP contribution in [0.1, 0.15) is 38.5 Å². The van der Waals surface area contributed by atoms with Gasteiger partial charge in [-0.1, -0.05) is 25.7 Å². The van der Waals surface area contributed by atoms with Crippen LogP contribution in [0.15, 0.2) is 0 Å². The average molecular weight is 202 g/mol. The van der Waals surface area contributed by atoms with Crippen molar-refractivity contribution < 1.29 is 0 Å². The Morgan fingerprint density at radius 1 is 0.857 bits per heavy atom. The molecule has 0 aromatic rings. The van der Waals surface area contributed by atoms with Crippen LogP contribution >= 0.6 is 0 Å². The van der Waals surface area contributed by atoms with Gasteiger partial charge in [0.05, 0.1) is 6.17 Å². The van der Waals surface area contributed by atoms with Gasteiger partial charge in [-0.15, -0.1) is 0 Å². The third-order valence-electron chi connectivity index (χ3n) is 2.27. The average Bonchev–Trinajstić information content (AvgIpc) is 2.20. The predicted molar refractivity (Wildman–Crippen MR) is 61.8 cm³/mol. The van der Waals surface area contributed by atoms with Crippen molar-refractivity contribution >= 4 is 0 Å². The largest absolute Gasteiger partial charge is 0.330 e. The van der Waals surface area contributed by atoms with E-state index >= 15 is 0 Å². The minimum Gasteiger partial charge on any atom is -0.330 e. The molecular formula is C10H26N4. The van der Waals surface area contributed by atoms with Crippen molar-refractivity contribution in [1.29, 1.82) is 0 Å². The normalized spacial score (nSPS) is 13.1. The molecule has 0 saturated heterocycles. The topological polar surface area (TPSA) is 90.1 Å². The van der Waals surface area contributed by atoms with Crippen molar-refractivity contribution in [2.45, 2.75) is 44.7 Å². The van der Waals surface area contributed by atoms with Gasteiger partial charge in [0.1, 0.15) is 0 Å². The summed E-state index contributed by atoms with van der Waals surface area (Å²) in [4.78, 5) is 0. The number of nitrogens with one attached hydrogen (secondary N) is 1. The van der Waals surface area contributed by atoms with Gasteiger partial charge in [0.25, 0.3) is 0 Å². The van der Waals surface area contributed by atoms with Crippen LogP contribution in [0.3, 0.4) is 0 Å². The van der Waals surface area contributed by atoms with E-state index in [2.05, 4.69) is 5.32 Å². The molecule has 4 heteroatoms. The van der Waals surface area contributed by atoms with E-state index in [1.54, 1.807) is 0 Å². The lowest BCUT2D eigenvalue weighted by atomic mass is 10.1. The van der Waals surface area contributed by atoms with E-state index in [9.17, 15) is 0 Å². The van der Waals surface area contributed by atoms with Crippen LogP contribution in [0.4, 0.5) is 0 Å². The van der Waals surface area contributed by atoms with Crippen molar-refractivity contribution in [2.24, 2.45) is 17.2 Å². The first kappa shape index (κ1) is 13.8. The predicted octanol–water partition coefficient (Wildman–Crippen LogP) is 0.119. The molecular weight excluding hydrogens is 176 g/mol. The Bertz CT molecular complexity index is 108. The molecule has 0 fully saturated rings. The zero-order valence-electron chi connectivity index (χ0n) is 9.17. The Hall–Kier alpha value is -0.160. The first-order chi connectivity index (χ1) is 6.81. The highest BCUT2D eigenvalue weighted by molar-refractivity contribution is 4.59. The number of hydrogen-bond donors (Lipinski definition) is 4. The number of nitrogens with two attached hydrogens (primary N) is 3. The summed E-state index contributed by atoms with van der Waals surface area (Å²) in [6.07, 6.45) is 7.30. The van der Waals surface area contributed by atoms with Crippen LogP contribution < -0.4 is 22.5 Å². The minimum atomic E-state index is 0.119. The molecule has 14 heavy (non-hydrogen) atoms. The third-order valence-corrected chi connectivity index (χ3v) is 2.27. The van der Waals surface area contributed by atoms with E-state index in [-0.39, 0.29) is 6.17 Å². The maximum Gasteiger partial charge on any atom is 0.0546 e. The smallest absolute Gasteiger partial charge is 0.0546 e. The molecule has 1 unspecified atom stereocenters. The van der Waals surface area contributed by atoms with Gasteiger partial charge in [-0.05, 0) is 19.4 Å². The monoisotopic (exact) mass is 202 g/mol. The SMILES string of the molecule is NCCCCCCCC(N)NCCN. The van der Waals surface area contributed by atoms with E-state index in [1.807, 2.05) is 0 Å². The molecule has 0 bridgehead atoms. The molecule has 86 valence electrons. The summed E-state index contributed by atoms with van der Waals surface area (Å²) < 4.78 is 0. The molecule has 0 spiro atoms. The summed E-state index contributed by atoms with van der Waals surface area (Å²) in [5, 5.41) is 3.17. The number of unbranched alkanes of at least 4 members (excludes halogenated alkanes) is 4. The molecule has 0 aliphatic heterocycles. The lowest BCUT2D eigenvalue weighted by molar-refractivity contribution is 0.469. The quantitative estimate of drug-likeness (QED) is 0.299. The first-order valence-corrected chi connectivity index (χ1v) is 5.70. The Labute approximate surface area is 87.6 Å². The fourth-order valence-electron chi connectivity index (χ4n) is 1.41. The molecule has 4 nitrogen and oxygen atoms in total. The second kappa shape index (κ2) is 10.9. The molecule has 7 N–H and O–H groups in total. The van der Waals surface area contributed by atoms with E-state index < -0.39 is 0 Å². The van der Waals surface area contributed by atoms with Gasteiger partial charge in [0.2, 0.25) is 0 Å². The molecule has 0 saturated carbocycles. The van der Waals surface area contributed by atoms with Gasteiger partial charge in [-0.2, -0.15) is 0 Å². The molecule has 0 amide bonds. The lowest BCUT2D eigenvalue weighted by Gasteiger charge is -2.12. The maximum atomic E-state index is 5.81. The van der Waals surface area contributed by atoms with Gasteiger partial charge in [-0.3, -0.25) is 0 Å². The van der Waals surface area contributed by atoms with E-state index in [0.29, 0.717) is 6.54 Å². The van der Waals surface area contributed by atoms with Crippen LogP contribution in [-0.4, -0.2) is 25.8 Å². The second-order valence-electron chi connectivity index (χ2n) is 3.69. The van der Waals surface area contributed by atoms with Gasteiger partial charge in [0.15, 0.2) is 0 Å². The Morgan fingerprint density at radius 2 is 1.50 bits per heavy atom. The molecule has 0 heterocycles. The molecule has 0 aromatic carbocycles. The van der Waals surface area contributed by atoms with E-state index in [4.69, 9.17) is 17.2 Å². The molecule has 1 atom stereocenters. The molecule has 0 aromatic heterocycles. The highest BCUT2D eigenvalue weighted by Crippen LogP contribution is 2.05. The van der Waals surface area contributed by atoms with Crippen molar-refractivity contribution in [1.82, 2.24) is 5.32 Å². The van der Waals surface area contributed by atoms with Gasteiger partial charge in [0, 0.05) is 13.1 Å². The van der Waals surface area contributed by atoms with Crippen molar-refractivity contribution in [2.75, 3.05) is 19.6 Å². The Morgan fingerprint density at radius 3 is 2.14 bits per heavy atom. The summed E-state index contributed by atoms with van der Waals surface area (Å²) in [5.74, 6) is 0. The Balaban J connectivity index is 3.02. The van der Waals surface area contributed by atoms with Crippen LogP contribution in [0.2, 0.25) is 0 Å². The van der Waals surface area contributed by atoms with Crippen LogP contribution in [0, 0.1) is 0 Å². The maximum absolute atomic E-state index is 5.81. The van der Waals surface area contributed by atoms with Gasteiger partial charge in [-0.25, -0.2) is 0 Å². The highest BCUT2D eigenvalue weighted by Gasteiger charge is 1.99. The number of hydrogen-bond acceptors (Lipinski definition) is 4. The summed E-state index contributed by atoms with van der Waals surface area (Å²) in [7, 11) is 0. The van der Waals surface area contributed by atoms with Crippen molar-refractivity contribution in [3.63, 3.8) is 0 Å². The zero-order valence-corrected chi connectivity index (χ0v) is 9.17. The van der Waals surface area contributed by atoms with E-state index in [1.165, 1.54) is 25.7 Å². The minimum absolute atomic E-state index is 0.119. The summed E-state index contributed by atoms with van der Waals surface area (Å²) >= 11 is 0. The van der Waals surface area contributed by atoms with Crippen LogP contribution in [0.25, 0.3) is 0 Å². The molecule has 0 aliphatic carbocycles. The van der Waals surface area contributed by atoms with Gasteiger partial charge >= 0.3 is 0 Å². The van der Waals surface area contributed by atoms with Crippen LogP contribution in [-0.2, 0) is 0 Å². The van der Waals surface area contributed by atoms with Crippen molar-refractivity contribution in [3.05, 3.63) is 0 Å². The molecule has 0 rings (SSSR count). The first-order valence-electron chi connectivity index (χ1n) is 5.70. The fourth-order valence-corrected chi connectivity index (χ4v) is 1.41. The summed E-state index contributed by atoms with van der Waals surface area (Å²) in [5.41, 5.74) is 16.6. The van der Waals surface area contributed by atoms with E-state index in [0.717, 1.165) is 25.9 Å².